The van der Waals surface area contributed by atoms with Crippen LogP contribution in [0.4, 0.5) is 4.79 Å². The van der Waals surface area contributed by atoms with Gasteiger partial charge in [0.15, 0.2) is 0 Å². The van der Waals surface area contributed by atoms with Crippen LogP contribution in [0.5, 0.6) is 0 Å². The van der Waals surface area contributed by atoms with E-state index in [-0.39, 0.29) is 12.7 Å². The van der Waals surface area contributed by atoms with Gasteiger partial charge < -0.3 is 28.6 Å². The monoisotopic (exact) mass is 915 g/mol. The molecule has 1 amide bonds. The van der Waals surface area contributed by atoms with Gasteiger partial charge in [0.2, 0.25) is 12.2 Å². The van der Waals surface area contributed by atoms with Gasteiger partial charge in [0.05, 0.1) is 17.2 Å². The lowest BCUT2D eigenvalue weighted by molar-refractivity contribution is -0.190. The fourth-order valence-corrected chi connectivity index (χ4v) is 10.4. The highest BCUT2D eigenvalue weighted by Crippen LogP contribution is 2.48. The van der Waals surface area contributed by atoms with Crippen molar-refractivity contribution in [2.75, 3.05) is 26.2 Å². The van der Waals surface area contributed by atoms with E-state index in [1.165, 1.54) is 67.2 Å². The number of ether oxygens (including phenoxy) is 5. The normalized spacial score (nSPS) is 22.1. The fraction of sp³-hybridized carbons (Fsp3) is 0.544. The number of carbonyl (C=O) groups is 3. The summed E-state index contributed by atoms with van der Waals surface area (Å²) in [7, 11) is 0. The van der Waals surface area contributed by atoms with Gasteiger partial charge >= 0.3 is 18.0 Å². The first-order chi connectivity index (χ1) is 32.2. The van der Waals surface area contributed by atoms with Gasteiger partial charge in [0, 0.05) is 44.5 Å². The molecule has 4 atom stereocenters. The molecule has 4 unspecified atom stereocenters. The molecule has 1 spiro atoms. The molecule has 0 N–H and O–H groups in total. The van der Waals surface area contributed by atoms with E-state index in [0.29, 0.717) is 54.2 Å². The standard InChI is InChI=1S/C57H74N2O8/c1-40(2)49-27-31-58-52(66-51-37-47(65-54(61)45-23-15-10-16-24-45)36-48(64-51)39-63-53(60)44-21-13-9-14-22-44)50(49)35-46-26-25-42(34-41(46)3)18-11-7-8-12-19-43-20-17-28-57(38-43)29-32-59(33-30-57)55(62)67-56(4,5)6/h9-11,13-16,18,21-26,34,40,43,47-48,51H,7-8,12,17,19-20,27-33,35-39H2,1-6H3. The van der Waals surface area contributed by atoms with Crippen LogP contribution in [0, 0.1) is 24.2 Å². The van der Waals surface area contributed by atoms with Crippen LogP contribution in [0.2, 0.25) is 0 Å². The van der Waals surface area contributed by atoms with Gasteiger partial charge in [-0.15, -0.1) is 0 Å². The molecule has 7 rings (SSSR count). The van der Waals surface area contributed by atoms with Crippen LogP contribution in [0.15, 0.2) is 101 Å². The summed E-state index contributed by atoms with van der Waals surface area (Å²) in [6, 6.07) is 24.5. The zero-order valence-corrected chi connectivity index (χ0v) is 40.9. The average Bonchev–Trinajstić information content (AvgIpc) is 3.30. The molecule has 10 nitrogen and oxygen atoms in total. The van der Waals surface area contributed by atoms with Gasteiger partial charge in [0.25, 0.3) is 0 Å². The number of hydrogen-bond donors (Lipinski definition) is 0. The Bertz CT molecular complexity index is 2220. The van der Waals surface area contributed by atoms with Crippen molar-refractivity contribution in [2.24, 2.45) is 22.2 Å². The molecule has 1 saturated carbocycles. The fourth-order valence-electron chi connectivity index (χ4n) is 10.4. The van der Waals surface area contributed by atoms with E-state index in [0.717, 1.165) is 50.3 Å². The smallest absolute Gasteiger partial charge is 0.410 e. The number of aliphatic imine (C=N–C) groups is 1. The van der Waals surface area contributed by atoms with E-state index in [1.807, 2.05) is 49.9 Å². The molecule has 3 aromatic carbocycles. The van der Waals surface area contributed by atoms with E-state index >= 15 is 0 Å². The molecule has 0 aromatic heterocycles. The maximum absolute atomic E-state index is 13.2. The lowest BCUT2D eigenvalue weighted by Crippen LogP contribution is -2.46. The predicted molar refractivity (Wildman–Crippen MR) is 264 cm³/mol. The van der Waals surface area contributed by atoms with Crippen LogP contribution >= 0.6 is 0 Å². The molecule has 3 aromatic rings. The molecule has 0 bridgehead atoms. The van der Waals surface area contributed by atoms with Crippen molar-refractivity contribution in [1.82, 2.24) is 4.90 Å². The summed E-state index contributed by atoms with van der Waals surface area (Å²) in [5, 5.41) is 0. The Morgan fingerprint density at radius 2 is 1.63 bits per heavy atom. The summed E-state index contributed by atoms with van der Waals surface area (Å²) in [6.07, 6.45) is 17.0. The van der Waals surface area contributed by atoms with Crippen molar-refractivity contribution >= 4 is 30.0 Å². The number of esters is 2. The van der Waals surface area contributed by atoms with Crippen molar-refractivity contribution in [3.63, 3.8) is 0 Å². The number of hydrogen-bond acceptors (Lipinski definition) is 9. The van der Waals surface area contributed by atoms with Crippen molar-refractivity contribution in [3.8, 4) is 0 Å². The predicted octanol–water partition coefficient (Wildman–Crippen LogP) is 12.7. The lowest BCUT2D eigenvalue weighted by atomic mass is 9.64. The first-order valence-corrected chi connectivity index (χ1v) is 25.0. The molecular formula is C57H74N2O8. The molecule has 0 radical (unpaired) electrons. The van der Waals surface area contributed by atoms with Gasteiger partial charge in [-0.25, -0.2) is 14.4 Å². The van der Waals surface area contributed by atoms with E-state index in [9.17, 15) is 14.4 Å². The minimum atomic E-state index is -0.772. The number of aryl methyl sites for hydroxylation is 1. The van der Waals surface area contributed by atoms with Crippen molar-refractivity contribution < 1.29 is 38.1 Å². The Kier molecular flexibility index (Phi) is 17.2. The van der Waals surface area contributed by atoms with Crippen LogP contribution in [-0.2, 0) is 30.1 Å². The Morgan fingerprint density at radius 1 is 0.910 bits per heavy atom. The number of carbonyl (C=O) groups excluding carboxylic acids is 3. The molecule has 10 heteroatoms. The highest BCUT2D eigenvalue weighted by atomic mass is 16.7. The number of amides is 1. The van der Waals surface area contributed by atoms with Crippen LogP contribution in [0.25, 0.3) is 6.08 Å². The number of benzene rings is 3. The summed E-state index contributed by atoms with van der Waals surface area (Å²) in [6.45, 7) is 14.7. The zero-order chi connectivity index (χ0) is 47.4. The maximum atomic E-state index is 13.2. The highest BCUT2D eigenvalue weighted by molar-refractivity contribution is 5.96. The first kappa shape index (κ1) is 49.7. The minimum absolute atomic E-state index is 0.0134. The highest BCUT2D eigenvalue weighted by Gasteiger charge is 2.41. The van der Waals surface area contributed by atoms with E-state index < -0.39 is 36.0 Å². The van der Waals surface area contributed by atoms with Crippen LogP contribution in [-0.4, -0.2) is 79.2 Å². The molecule has 360 valence electrons. The van der Waals surface area contributed by atoms with Gasteiger partial charge in [-0.3, -0.25) is 4.99 Å². The van der Waals surface area contributed by atoms with Gasteiger partial charge in [-0.05, 0) is 131 Å². The maximum Gasteiger partial charge on any atom is 0.410 e. The lowest BCUT2D eigenvalue weighted by Gasteiger charge is -2.46. The van der Waals surface area contributed by atoms with Crippen molar-refractivity contribution in [1.29, 1.82) is 0 Å². The Labute approximate surface area is 399 Å². The van der Waals surface area contributed by atoms with Crippen LogP contribution in [0.3, 0.4) is 0 Å². The summed E-state index contributed by atoms with van der Waals surface area (Å²) in [4.78, 5) is 45.6. The van der Waals surface area contributed by atoms with Gasteiger partial charge in [-0.2, -0.15) is 0 Å². The topological polar surface area (TPSA) is 113 Å². The third-order valence-corrected chi connectivity index (χ3v) is 14.0. The molecule has 3 aliphatic heterocycles. The number of unbranched alkanes of at least 4 members (excludes halogenated alkanes) is 2. The quantitative estimate of drug-likeness (QED) is 0.0841. The number of likely N-dealkylation sites (tertiary alicyclic amines) is 1. The second-order valence-electron chi connectivity index (χ2n) is 20.7. The second-order valence-corrected chi connectivity index (χ2v) is 20.7. The minimum Gasteiger partial charge on any atom is -0.459 e. The van der Waals surface area contributed by atoms with E-state index in [4.69, 9.17) is 28.7 Å². The summed E-state index contributed by atoms with van der Waals surface area (Å²) in [5.74, 6) is 0.785. The number of piperidine rings is 1. The SMILES string of the molecule is Cc1cc(C=CCCCCC2CCCC3(CCN(C(=O)OC(C)(C)C)CC3)C2)ccc1CC1=C(C(C)C)CCN=C1OC1CC(OC(=O)c2ccccc2)CC(COC(=O)c2ccccc2)O1. The van der Waals surface area contributed by atoms with E-state index in [2.05, 4.69) is 51.1 Å². The molecular weight excluding hydrogens is 841 g/mol. The second kappa shape index (κ2) is 23.2. The Morgan fingerprint density at radius 3 is 2.31 bits per heavy atom. The van der Waals surface area contributed by atoms with Gasteiger partial charge in [-0.1, -0.05) is 112 Å². The van der Waals surface area contributed by atoms with Crippen molar-refractivity contribution in [3.05, 3.63) is 124 Å². The first-order valence-electron chi connectivity index (χ1n) is 25.0. The largest absolute Gasteiger partial charge is 0.459 e. The van der Waals surface area contributed by atoms with Crippen LogP contribution in [0.1, 0.15) is 155 Å². The Hall–Kier alpha value is -5.22. The molecule has 67 heavy (non-hydrogen) atoms. The van der Waals surface area contributed by atoms with Crippen molar-refractivity contribution in [2.45, 2.75) is 156 Å². The third-order valence-electron chi connectivity index (χ3n) is 14.0. The van der Waals surface area contributed by atoms with E-state index in [1.54, 1.807) is 36.4 Å². The average molecular weight is 915 g/mol. The Balaban J connectivity index is 0.923. The number of nitrogens with zero attached hydrogens (tertiary/aromatic N) is 2. The summed E-state index contributed by atoms with van der Waals surface area (Å²) in [5.41, 5.74) is 6.89. The molecule has 3 heterocycles. The van der Waals surface area contributed by atoms with Gasteiger partial charge in [0.1, 0.15) is 18.3 Å². The number of allylic oxidation sites excluding steroid dienone is 1. The number of dihydropyridines is 1. The molecule has 1 aliphatic carbocycles. The zero-order valence-electron chi connectivity index (χ0n) is 40.9. The molecule has 3 fully saturated rings. The summed E-state index contributed by atoms with van der Waals surface area (Å²) < 4.78 is 30.5. The van der Waals surface area contributed by atoms with Crippen LogP contribution < -0.4 is 0 Å². The molecule has 2 saturated heterocycles. The number of rotatable bonds is 15. The summed E-state index contributed by atoms with van der Waals surface area (Å²) >= 11 is 0. The third kappa shape index (κ3) is 14.4. The molecule has 4 aliphatic rings.